The third-order valence-corrected chi connectivity index (χ3v) is 0. The van der Waals surface area contributed by atoms with Crippen molar-refractivity contribution < 1.29 is 125 Å². The molecule has 0 aliphatic heterocycles. The van der Waals surface area contributed by atoms with Gasteiger partial charge in [-0.05, 0) is 0 Å². The largest absolute Gasteiger partial charge is 0.759 e. The van der Waals surface area contributed by atoms with Crippen LogP contribution in [-0.2, 0) is 89.1 Å². The van der Waals surface area contributed by atoms with Gasteiger partial charge in [-0.25, -0.2) is 0 Å². The van der Waals surface area contributed by atoms with Gasteiger partial charge in [0.15, 0.2) is 0 Å². The van der Waals surface area contributed by atoms with Gasteiger partial charge in [-0.15, -0.1) is 12.4 Å². The topological polar surface area (TPSA) is 401 Å². The Hall–Kier alpha value is 0.809. The molecule has 0 fully saturated rings. The van der Waals surface area contributed by atoms with Crippen LogP contribution in [0.3, 0.4) is 0 Å². The van der Waals surface area contributed by atoms with Crippen molar-refractivity contribution in [1.29, 1.82) is 0 Å². The maximum absolute atomic E-state index is 8.52. The Morgan fingerprint density at radius 2 is 0.286 bits per heavy atom. The number of hydrogen-bond acceptors (Lipinski definition) is 20. The molecule has 0 aliphatic rings. The molecule has 0 unspecified atom stereocenters. The van der Waals surface area contributed by atoms with Crippen molar-refractivity contribution in [1.82, 2.24) is 0 Å². The SMILES string of the molecule is Cl.O=S(=O)([O-])[O-].O=S(=O)([O-])[O-].O=S(=O)([O-])[O-].O=S(=O)([O-])[O-].O=S(=O)([O-])[O-].[V].[V]. The van der Waals surface area contributed by atoms with E-state index >= 15 is 0 Å². The van der Waals surface area contributed by atoms with Crippen molar-refractivity contribution >= 4 is 64.4 Å². The van der Waals surface area contributed by atoms with Crippen LogP contribution in [0.2, 0.25) is 0 Å². The fourth-order valence-electron chi connectivity index (χ4n) is 0. The Morgan fingerprint density at radius 3 is 0.286 bits per heavy atom. The molecule has 0 aliphatic carbocycles. The minimum absolute atomic E-state index is 0. The van der Waals surface area contributed by atoms with Gasteiger partial charge in [0.25, 0.3) is 0 Å². The van der Waals surface area contributed by atoms with Crippen molar-refractivity contribution in [2.45, 2.75) is 0 Å². The maximum atomic E-state index is 8.52. The van der Waals surface area contributed by atoms with Gasteiger partial charge in [0.05, 0.1) is 0 Å². The minimum atomic E-state index is -5.17. The fourth-order valence-corrected chi connectivity index (χ4v) is 0. The van der Waals surface area contributed by atoms with Gasteiger partial charge in [-0.1, -0.05) is 0 Å². The Labute approximate surface area is 188 Å². The number of halogens is 1. The van der Waals surface area contributed by atoms with E-state index in [0.29, 0.717) is 0 Å². The first-order valence-electron chi connectivity index (χ1n) is 3.33. The molecule has 0 amide bonds. The van der Waals surface area contributed by atoms with Crippen LogP contribution in [0.1, 0.15) is 0 Å². The summed E-state index contributed by atoms with van der Waals surface area (Å²) in [7, 11) is -25.8. The van der Waals surface area contributed by atoms with Crippen molar-refractivity contribution in [3.05, 3.63) is 0 Å². The summed E-state index contributed by atoms with van der Waals surface area (Å²) in [6, 6.07) is 0. The summed E-state index contributed by atoms with van der Waals surface area (Å²) in [4.78, 5) is 0. The van der Waals surface area contributed by atoms with E-state index in [1.807, 2.05) is 0 Å². The van der Waals surface area contributed by atoms with E-state index in [-0.39, 0.29) is 49.5 Å². The van der Waals surface area contributed by atoms with Gasteiger partial charge < -0.3 is 45.5 Å². The second-order valence-corrected chi connectivity index (χ2v) is 6.12. The Balaban J connectivity index is -0.0000000290. The molecule has 0 rings (SSSR count). The molecule has 0 bridgehead atoms. The molecular weight excluding hydrogens is 618 g/mol. The van der Waals surface area contributed by atoms with E-state index in [1.54, 1.807) is 0 Å². The van der Waals surface area contributed by atoms with E-state index in [2.05, 4.69) is 0 Å². The van der Waals surface area contributed by atoms with E-state index in [9.17, 15) is 0 Å². The van der Waals surface area contributed by atoms with Gasteiger partial charge in [0.2, 0.25) is 0 Å². The molecule has 0 aromatic carbocycles. The van der Waals surface area contributed by atoms with Gasteiger partial charge in [-0.3, -0.25) is 42.1 Å². The molecule has 0 saturated heterocycles. The van der Waals surface area contributed by atoms with Gasteiger partial charge in [-0.2, -0.15) is 0 Å². The van der Waals surface area contributed by atoms with Crippen LogP contribution in [0.5, 0.6) is 0 Å². The molecule has 0 spiro atoms. The summed E-state index contributed by atoms with van der Waals surface area (Å²) < 4.78 is 170. The third kappa shape index (κ3) is 27300. The van der Waals surface area contributed by atoms with Crippen molar-refractivity contribution in [2.24, 2.45) is 0 Å². The normalized spacial score (nSPS) is 10.4. The molecule has 2 radical (unpaired) electrons. The molecule has 0 heterocycles. The summed E-state index contributed by atoms with van der Waals surface area (Å²) in [5.74, 6) is 0. The first kappa shape index (κ1) is 51.5. The zero-order chi connectivity index (χ0) is 22.5. The third-order valence-electron chi connectivity index (χ3n) is 0. The van der Waals surface area contributed by atoms with Crippen LogP contribution in [0, 0.1) is 0 Å². The summed E-state index contributed by atoms with van der Waals surface area (Å²) in [6.45, 7) is 0. The molecule has 0 aromatic rings. The molecule has 28 heavy (non-hydrogen) atoms. The summed E-state index contributed by atoms with van der Waals surface area (Å²) in [6.07, 6.45) is 0. The zero-order valence-corrected chi connectivity index (χ0v) is 19.2. The van der Waals surface area contributed by atoms with E-state index in [4.69, 9.17) is 87.6 Å². The Bertz CT molecular complexity index is 625. The molecule has 0 saturated carbocycles. The number of rotatable bonds is 0. The number of hydrogen-bond donors (Lipinski definition) is 0. The fraction of sp³-hybridized carbons (Fsp3) is 0. The summed E-state index contributed by atoms with van der Waals surface area (Å²) in [5, 5.41) is 0. The molecule has 0 aromatic heterocycles. The predicted molar refractivity (Wildman–Crippen MR) is 59.6 cm³/mol. The predicted octanol–water partition coefficient (Wildman–Crippen LogP) is -6.27. The molecular formula is HClO20S5V2-10. The summed E-state index contributed by atoms with van der Waals surface area (Å²) >= 11 is 0. The van der Waals surface area contributed by atoms with Gasteiger partial charge in [0.1, 0.15) is 0 Å². The van der Waals surface area contributed by atoms with Crippen LogP contribution in [0.25, 0.3) is 0 Å². The minimum Gasteiger partial charge on any atom is -0.759 e. The molecule has 178 valence electrons. The van der Waals surface area contributed by atoms with Crippen LogP contribution in [-0.4, -0.2) is 87.6 Å². The molecule has 20 nitrogen and oxygen atoms in total. The maximum Gasteiger partial charge on any atom is 0.0311 e. The quantitative estimate of drug-likeness (QED) is 0.180. The zero-order valence-electron chi connectivity index (χ0n) is 11.5. The van der Waals surface area contributed by atoms with E-state index in [0.717, 1.165) is 0 Å². The Morgan fingerprint density at radius 1 is 0.286 bits per heavy atom. The molecule has 0 atom stereocenters. The monoisotopic (exact) mass is 618 g/mol. The van der Waals surface area contributed by atoms with Crippen LogP contribution in [0.15, 0.2) is 0 Å². The molecule has 28 heteroatoms. The van der Waals surface area contributed by atoms with Crippen molar-refractivity contribution in [2.75, 3.05) is 0 Å². The second kappa shape index (κ2) is 21.1. The van der Waals surface area contributed by atoms with Crippen LogP contribution in [0.4, 0.5) is 0 Å². The standard InChI is InChI=1S/ClH.5H2O4S.2V/c;5*1-5(2,3)4;;/h1H;5*(H2,1,2,3,4);;/p-10. The first-order valence-corrected chi connectivity index (χ1v) is 10.0. The van der Waals surface area contributed by atoms with Gasteiger partial charge >= 0.3 is 0 Å². The van der Waals surface area contributed by atoms with Crippen LogP contribution < -0.4 is 0 Å². The van der Waals surface area contributed by atoms with Crippen LogP contribution >= 0.6 is 12.4 Å². The summed E-state index contributed by atoms with van der Waals surface area (Å²) in [5.41, 5.74) is 0. The molecule has 0 N–H and O–H groups in total. The van der Waals surface area contributed by atoms with Gasteiger partial charge in [0, 0.05) is 89.1 Å². The smallest absolute Gasteiger partial charge is 0.0311 e. The second-order valence-electron chi connectivity index (χ2n) is 2.04. The average molecular weight is 619 g/mol. The van der Waals surface area contributed by atoms with Crippen molar-refractivity contribution in [3.63, 3.8) is 0 Å². The first-order chi connectivity index (χ1) is 10.0. The van der Waals surface area contributed by atoms with Crippen molar-refractivity contribution in [3.8, 4) is 0 Å². The van der Waals surface area contributed by atoms with E-state index < -0.39 is 52.0 Å². The Kier molecular flexibility index (Phi) is 38.7. The van der Waals surface area contributed by atoms with E-state index in [1.165, 1.54) is 0 Å². The average Bonchev–Trinajstić information content (AvgIpc) is 1.79.